The summed E-state index contributed by atoms with van der Waals surface area (Å²) in [5, 5.41) is 2.00. The number of hydrogen-bond donors (Lipinski definition) is 1. The highest BCUT2D eigenvalue weighted by molar-refractivity contribution is 7.17. The maximum atomic E-state index is 14.2. The van der Waals surface area contributed by atoms with Gasteiger partial charge in [0.05, 0.1) is 21.6 Å². The van der Waals surface area contributed by atoms with Crippen molar-refractivity contribution in [3.63, 3.8) is 0 Å². The Hall–Kier alpha value is -2.47. The van der Waals surface area contributed by atoms with Crippen molar-refractivity contribution in [1.29, 1.82) is 0 Å². The first kappa shape index (κ1) is 16.0. The van der Waals surface area contributed by atoms with E-state index in [9.17, 15) is 9.18 Å². The normalized spacial score (nSPS) is 15.6. The fraction of sp³-hybridized carbons (Fsp3) is 0.263. The number of piperidine rings is 1. The third kappa shape index (κ3) is 2.98. The third-order valence-electron chi connectivity index (χ3n) is 4.78. The Morgan fingerprint density at radius 3 is 2.72 bits per heavy atom. The van der Waals surface area contributed by atoms with E-state index in [2.05, 4.69) is 9.88 Å². The molecule has 4 nitrogen and oxygen atoms in total. The average Bonchev–Trinajstić information content (AvgIpc) is 3.10. The van der Waals surface area contributed by atoms with Gasteiger partial charge >= 0.3 is 0 Å². The summed E-state index contributed by atoms with van der Waals surface area (Å²) in [6, 6.07) is 10.6. The molecule has 0 spiro atoms. The fourth-order valence-corrected chi connectivity index (χ4v) is 4.26. The Balaban J connectivity index is 1.75. The van der Waals surface area contributed by atoms with E-state index in [0.717, 1.165) is 41.8 Å². The fourth-order valence-electron chi connectivity index (χ4n) is 3.39. The average molecular weight is 355 g/mol. The van der Waals surface area contributed by atoms with Crippen LogP contribution in [-0.4, -0.2) is 24.0 Å². The summed E-state index contributed by atoms with van der Waals surface area (Å²) in [6.45, 7) is 1.53. The second-order valence-corrected chi connectivity index (χ2v) is 7.22. The first-order valence-electron chi connectivity index (χ1n) is 8.31. The number of primary amides is 1. The van der Waals surface area contributed by atoms with Crippen molar-refractivity contribution in [3.05, 3.63) is 47.6 Å². The van der Waals surface area contributed by atoms with E-state index in [0.29, 0.717) is 11.3 Å². The van der Waals surface area contributed by atoms with E-state index in [1.54, 1.807) is 23.5 Å². The molecule has 1 fully saturated rings. The van der Waals surface area contributed by atoms with Crippen molar-refractivity contribution in [2.75, 3.05) is 18.0 Å². The topological polar surface area (TPSA) is 59.2 Å². The van der Waals surface area contributed by atoms with Gasteiger partial charge in [-0.15, -0.1) is 11.3 Å². The van der Waals surface area contributed by atoms with Crippen LogP contribution in [0.4, 0.5) is 10.1 Å². The summed E-state index contributed by atoms with van der Waals surface area (Å²) in [5.74, 6) is -0.548. The summed E-state index contributed by atoms with van der Waals surface area (Å²) in [7, 11) is 0. The number of nitrogens with zero attached hydrogens (tertiary/aromatic N) is 2. The molecule has 1 aliphatic rings. The predicted molar refractivity (Wildman–Crippen MR) is 99.1 cm³/mol. The molecule has 0 atom stereocenters. The first-order valence-corrected chi connectivity index (χ1v) is 9.19. The molecule has 25 heavy (non-hydrogen) atoms. The lowest BCUT2D eigenvalue weighted by Crippen LogP contribution is -2.38. The van der Waals surface area contributed by atoms with Crippen LogP contribution in [0.5, 0.6) is 0 Å². The maximum absolute atomic E-state index is 14.2. The van der Waals surface area contributed by atoms with E-state index in [-0.39, 0.29) is 17.6 Å². The summed E-state index contributed by atoms with van der Waals surface area (Å²) in [5.41, 5.74) is 8.50. The van der Waals surface area contributed by atoms with Crippen molar-refractivity contribution in [2.24, 2.45) is 11.7 Å². The van der Waals surface area contributed by atoms with Crippen molar-refractivity contribution in [1.82, 2.24) is 4.98 Å². The molecule has 1 aromatic carbocycles. The Morgan fingerprint density at radius 1 is 1.24 bits per heavy atom. The number of nitrogens with two attached hydrogens (primary N) is 1. The SMILES string of the molecule is NC(=O)C1CCN(c2cc(-c3ccccc3F)nc3ccsc23)CC1. The van der Waals surface area contributed by atoms with Crippen molar-refractivity contribution in [3.8, 4) is 11.3 Å². The van der Waals surface area contributed by atoms with E-state index in [4.69, 9.17) is 5.73 Å². The van der Waals surface area contributed by atoms with Gasteiger partial charge in [-0.2, -0.15) is 0 Å². The number of aromatic nitrogens is 1. The zero-order chi connectivity index (χ0) is 17.4. The van der Waals surface area contributed by atoms with Gasteiger partial charge in [0, 0.05) is 24.6 Å². The molecule has 2 N–H and O–H groups in total. The number of pyridine rings is 1. The summed E-state index contributed by atoms with van der Waals surface area (Å²) < 4.78 is 15.3. The smallest absolute Gasteiger partial charge is 0.220 e. The number of amides is 1. The van der Waals surface area contributed by atoms with E-state index in [1.165, 1.54) is 6.07 Å². The van der Waals surface area contributed by atoms with Crippen LogP contribution in [0.25, 0.3) is 21.5 Å². The molecule has 0 aliphatic carbocycles. The molecule has 1 aliphatic heterocycles. The predicted octanol–water partition coefficient (Wildman–Crippen LogP) is 3.80. The van der Waals surface area contributed by atoms with Gasteiger partial charge in [-0.1, -0.05) is 12.1 Å². The van der Waals surface area contributed by atoms with Crippen LogP contribution in [0.3, 0.4) is 0 Å². The lowest BCUT2D eigenvalue weighted by Gasteiger charge is -2.32. The minimum absolute atomic E-state index is 0.0528. The summed E-state index contributed by atoms with van der Waals surface area (Å²) in [4.78, 5) is 18.3. The minimum atomic E-state index is -0.275. The number of thiophene rings is 1. The standard InChI is InChI=1S/C19H18FN3OS/c20-14-4-2-1-3-13(14)16-11-17(18-15(22-16)7-10-25-18)23-8-5-12(6-9-23)19(21)24/h1-4,7,10-12H,5-6,8-9H2,(H2,21,24). The highest BCUT2D eigenvalue weighted by Crippen LogP contribution is 2.36. The van der Waals surface area contributed by atoms with Crippen LogP contribution in [0.1, 0.15) is 12.8 Å². The summed E-state index contributed by atoms with van der Waals surface area (Å²) in [6.07, 6.45) is 1.50. The van der Waals surface area contributed by atoms with E-state index >= 15 is 0 Å². The summed E-state index contributed by atoms with van der Waals surface area (Å²) >= 11 is 1.63. The molecule has 3 heterocycles. The lowest BCUT2D eigenvalue weighted by molar-refractivity contribution is -0.122. The number of rotatable bonds is 3. The van der Waals surface area contributed by atoms with E-state index < -0.39 is 0 Å². The monoisotopic (exact) mass is 355 g/mol. The maximum Gasteiger partial charge on any atom is 0.220 e. The number of carbonyl (C=O) groups is 1. The highest BCUT2D eigenvalue weighted by Gasteiger charge is 2.25. The number of anilines is 1. The van der Waals surface area contributed by atoms with Gasteiger partial charge in [0.15, 0.2) is 0 Å². The minimum Gasteiger partial charge on any atom is -0.370 e. The Morgan fingerprint density at radius 2 is 2.00 bits per heavy atom. The van der Waals surface area contributed by atoms with Crippen LogP contribution in [0.15, 0.2) is 41.8 Å². The van der Waals surface area contributed by atoms with Crippen LogP contribution < -0.4 is 10.6 Å². The van der Waals surface area contributed by atoms with Crippen molar-refractivity contribution < 1.29 is 9.18 Å². The van der Waals surface area contributed by atoms with Crippen molar-refractivity contribution >= 4 is 33.1 Å². The number of benzene rings is 1. The number of fused-ring (bicyclic) bond motifs is 1. The van der Waals surface area contributed by atoms with Crippen LogP contribution in [-0.2, 0) is 4.79 Å². The largest absolute Gasteiger partial charge is 0.370 e. The van der Waals surface area contributed by atoms with Gasteiger partial charge in [-0.25, -0.2) is 9.37 Å². The van der Waals surface area contributed by atoms with Gasteiger partial charge in [-0.05, 0) is 42.5 Å². The number of carbonyl (C=O) groups excluding carboxylic acids is 1. The third-order valence-corrected chi connectivity index (χ3v) is 5.71. The van der Waals surface area contributed by atoms with Gasteiger partial charge in [0.25, 0.3) is 0 Å². The molecule has 0 bridgehead atoms. The zero-order valence-corrected chi connectivity index (χ0v) is 14.4. The number of halogens is 1. The molecule has 0 unspecified atom stereocenters. The van der Waals surface area contributed by atoms with E-state index in [1.807, 2.05) is 23.6 Å². The molecule has 1 amide bonds. The van der Waals surface area contributed by atoms with Gasteiger partial charge in [0.2, 0.25) is 5.91 Å². The van der Waals surface area contributed by atoms with Gasteiger partial charge < -0.3 is 10.6 Å². The molecule has 0 radical (unpaired) electrons. The Kier molecular flexibility index (Phi) is 4.13. The molecule has 128 valence electrons. The Labute approximate surface area is 149 Å². The lowest BCUT2D eigenvalue weighted by atomic mass is 9.96. The second kappa shape index (κ2) is 6.44. The molecule has 0 saturated carbocycles. The molecule has 6 heteroatoms. The van der Waals surface area contributed by atoms with Crippen LogP contribution in [0.2, 0.25) is 0 Å². The van der Waals surface area contributed by atoms with Crippen LogP contribution in [0, 0.1) is 11.7 Å². The highest BCUT2D eigenvalue weighted by atomic mass is 32.1. The molecule has 3 aromatic rings. The Bertz CT molecular complexity index is 931. The second-order valence-electron chi connectivity index (χ2n) is 6.31. The van der Waals surface area contributed by atoms with Crippen LogP contribution >= 0.6 is 11.3 Å². The van der Waals surface area contributed by atoms with Gasteiger partial charge in [-0.3, -0.25) is 4.79 Å². The molecule has 4 rings (SSSR count). The quantitative estimate of drug-likeness (QED) is 0.777. The number of hydrogen-bond acceptors (Lipinski definition) is 4. The van der Waals surface area contributed by atoms with Gasteiger partial charge in [0.1, 0.15) is 5.82 Å². The molecular weight excluding hydrogens is 337 g/mol. The van der Waals surface area contributed by atoms with Crippen molar-refractivity contribution in [2.45, 2.75) is 12.8 Å². The molecule has 1 saturated heterocycles. The first-order chi connectivity index (χ1) is 12.1. The zero-order valence-electron chi connectivity index (χ0n) is 13.6. The molecule has 2 aromatic heterocycles. The molecular formula is C19H18FN3OS.